The van der Waals surface area contributed by atoms with Crippen LogP contribution >= 0.6 is 0 Å². The van der Waals surface area contributed by atoms with Crippen LogP contribution in [0.25, 0.3) is 0 Å². The molecule has 0 bridgehead atoms. The zero-order valence-corrected chi connectivity index (χ0v) is 20.7. The Bertz CT molecular complexity index is 981. The summed E-state index contributed by atoms with van der Waals surface area (Å²) in [6.07, 6.45) is 4.89. The molecule has 0 saturated carbocycles. The molecule has 0 aromatic carbocycles. The van der Waals surface area contributed by atoms with Gasteiger partial charge in [-0.05, 0) is 45.3 Å². The van der Waals surface area contributed by atoms with Gasteiger partial charge in [0.1, 0.15) is 12.2 Å². The Hall–Kier alpha value is -2.48. The number of ketones is 1. The van der Waals surface area contributed by atoms with Crippen molar-refractivity contribution in [2.45, 2.75) is 96.7 Å². The lowest BCUT2D eigenvalue weighted by atomic mass is 9.57. The van der Waals surface area contributed by atoms with Crippen molar-refractivity contribution in [2.75, 3.05) is 0 Å². The molecular formula is C26H34O8. The van der Waals surface area contributed by atoms with Gasteiger partial charge in [-0.2, -0.15) is 0 Å². The Morgan fingerprint density at radius 1 is 1.21 bits per heavy atom. The first kappa shape index (κ1) is 24.6. The summed E-state index contributed by atoms with van der Waals surface area (Å²) in [5.74, 6) is -2.69. The van der Waals surface area contributed by atoms with Crippen LogP contribution in [0.2, 0.25) is 0 Å². The van der Waals surface area contributed by atoms with Crippen LogP contribution in [-0.2, 0) is 38.1 Å². The quantitative estimate of drug-likeness (QED) is 0.264. The molecule has 4 rings (SSSR count). The molecule has 2 heterocycles. The molecule has 8 heteroatoms. The van der Waals surface area contributed by atoms with Crippen LogP contribution in [0.3, 0.4) is 0 Å². The normalized spacial score (nSPS) is 44.5. The maximum absolute atomic E-state index is 12.9. The Morgan fingerprint density at radius 3 is 2.53 bits per heavy atom. The highest BCUT2D eigenvalue weighted by molar-refractivity contribution is 5.93. The maximum Gasteiger partial charge on any atom is 0.342 e. The van der Waals surface area contributed by atoms with E-state index in [2.05, 4.69) is 0 Å². The highest BCUT2D eigenvalue weighted by Crippen LogP contribution is 2.64. The van der Waals surface area contributed by atoms with Gasteiger partial charge in [-0.25, -0.2) is 4.79 Å². The topological polar surface area (TPSA) is 108 Å². The highest BCUT2D eigenvalue weighted by Gasteiger charge is 2.87. The molecule has 2 saturated heterocycles. The van der Waals surface area contributed by atoms with E-state index in [0.29, 0.717) is 19.3 Å². The van der Waals surface area contributed by atoms with E-state index in [4.69, 9.17) is 18.9 Å². The summed E-state index contributed by atoms with van der Waals surface area (Å²) in [5, 5.41) is 0. The third kappa shape index (κ3) is 3.53. The van der Waals surface area contributed by atoms with Gasteiger partial charge in [-0.15, -0.1) is 0 Å². The molecule has 8 atom stereocenters. The molecule has 4 aliphatic rings. The standard InChI is InChI=1S/C26H34O8/c1-7-8-20(29)32-18-10-9-14(2)13-19-26(25(6,34-26)23(30)33-19)22(31-16(4)27)21-15(3)17(28)11-12-24(18,21)5/h11-13,15,18-19,21-22H,7-10H2,1-6H3/b14-13-/t15-,18+,19-,21+,22+,24+,25-,26-/m0/s1. The Balaban J connectivity index is 1.91. The minimum Gasteiger partial charge on any atom is -0.461 e. The average molecular weight is 475 g/mol. The molecule has 2 aliphatic carbocycles. The van der Waals surface area contributed by atoms with Crippen LogP contribution in [0.4, 0.5) is 0 Å². The Kier molecular flexibility index (Phi) is 6.03. The number of ether oxygens (including phenoxy) is 4. The highest BCUT2D eigenvalue weighted by atomic mass is 16.7. The number of hydrogen-bond acceptors (Lipinski definition) is 8. The average Bonchev–Trinajstić information content (AvgIpc) is 3.34. The number of carbonyl (C=O) groups excluding carboxylic acids is 4. The summed E-state index contributed by atoms with van der Waals surface area (Å²) in [6, 6.07) is 0. The van der Waals surface area contributed by atoms with E-state index in [1.54, 1.807) is 19.9 Å². The van der Waals surface area contributed by atoms with E-state index < -0.39 is 58.7 Å². The molecule has 0 N–H and O–H groups in total. The van der Waals surface area contributed by atoms with Crippen molar-refractivity contribution in [3.05, 3.63) is 23.8 Å². The first-order valence-corrected chi connectivity index (χ1v) is 12.1. The van der Waals surface area contributed by atoms with Crippen molar-refractivity contribution < 1.29 is 38.1 Å². The summed E-state index contributed by atoms with van der Waals surface area (Å²) >= 11 is 0. The molecule has 0 aromatic heterocycles. The fraction of sp³-hybridized carbons (Fsp3) is 0.692. The van der Waals surface area contributed by atoms with Crippen LogP contribution in [0, 0.1) is 17.3 Å². The number of allylic oxidation sites excluding steroid dienone is 2. The third-order valence-electron chi connectivity index (χ3n) is 8.14. The van der Waals surface area contributed by atoms with Gasteiger partial charge in [0.15, 0.2) is 23.1 Å². The number of epoxide rings is 1. The predicted molar refractivity (Wildman–Crippen MR) is 120 cm³/mol. The molecule has 2 aliphatic heterocycles. The molecule has 8 nitrogen and oxygen atoms in total. The fourth-order valence-electron chi connectivity index (χ4n) is 6.18. The van der Waals surface area contributed by atoms with Gasteiger partial charge in [0.05, 0.1) is 0 Å². The lowest BCUT2D eigenvalue weighted by Crippen LogP contribution is -2.59. The van der Waals surface area contributed by atoms with Crippen LogP contribution < -0.4 is 0 Å². The van der Waals surface area contributed by atoms with Crippen molar-refractivity contribution in [3.8, 4) is 0 Å². The van der Waals surface area contributed by atoms with Crippen LogP contribution in [-0.4, -0.2) is 53.2 Å². The second-order valence-electron chi connectivity index (χ2n) is 10.5. The maximum atomic E-state index is 12.9. The van der Waals surface area contributed by atoms with E-state index in [1.165, 1.54) is 13.0 Å². The van der Waals surface area contributed by atoms with Crippen LogP contribution in [0.15, 0.2) is 23.8 Å². The van der Waals surface area contributed by atoms with Gasteiger partial charge < -0.3 is 18.9 Å². The van der Waals surface area contributed by atoms with Gasteiger partial charge in [0.2, 0.25) is 0 Å². The Morgan fingerprint density at radius 2 is 1.91 bits per heavy atom. The summed E-state index contributed by atoms with van der Waals surface area (Å²) in [4.78, 5) is 50.7. The van der Waals surface area contributed by atoms with Crippen molar-refractivity contribution in [3.63, 3.8) is 0 Å². The SMILES string of the molecule is CCCC(=O)O[C@@H]1CC/C(C)=C\[C@@H]2OC(=O)[C@]3(C)O[C@]23[C@H](OC(C)=O)[C@H]2[C@@H](C)C(=O)C=C[C@@]21C. The number of fused-ring (bicyclic) bond motifs is 1. The summed E-state index contributed by atoms with van der Waals surface area (Å²) in [7, 11) is 0. The number of esters is 3. The van der Waals surface area contributed by atoms with Crippen molar-refractivity contribution in [1.29, 1.82) is 0 Å². The number of carbonyl (C=O) groups is 4. The molecule has 2 fully saturated rings. The monoisotopic (exact) mass is 474 g/mol. The summed E-state index contributed by atoms with van der Waals surface area (Å²) < 4.78 is 23.8. The second-order valence-corrected chi connectivity index (χ2v) is 10.5. The molecule has 0 amide bonds. The van der Waals surface area contributed by atoms with E-state index in [9.17, 15) is 19.2 Å². The summed E-state index contributed by atoms with van der Waals surface area (Å²) in [5.41, 5.74) is -2.47. The van der Waals surface area contributed by atoms with Crippen LogP contribution in [0.1, 0.15) is 67.2 Å². The molecule has 1 spiro atoms. The zero-order chi connectivity index (χ0) is 25.1. The van der Waals surface area contributed by atoms with Gasteiger partial charge in [-0.3, -0.25) is 14.4 Å². The lowest BCUT2D eigenvalue weighted by Gasteiger charge is -2.49. The van der Waals surface area contributed by atoms with Crippen molar-refractivity contribution in [1.82, 2.24) is 0 Å². The molecule has 34 heavy (non-hydrogen) atoms. The van der Waals surface area contributed by atoms with Crippen molar-refractivity contribution >= 4 is 23.7 Å². The minimum atomic E-state index is -1.30. The predicted octanol–water partition coefficient (Wildman–Crippen LogP) is 3.22. The van der Waals surface area contributed by atoms with Crippen molar-refractivity contribution in [2.24, 2.45) is 17.3 Å². The molecule has 0 aromatic rings. The second kappa shape index (κ2) is 8.33. The molecule has 0 unspecified atom stereocenters. The van der Waals surface area contributed by atoms with Gasteiger partial charge in [-0.1, -0.05) is 32.4 Å². The summed E-state index contributed by atoms with van der Waals surface area (Å²) in [6.45, 7) is 10.5. The van der Waals surface area contributed by atoms with E-state index in [0.717, 1.165) is 5.57 Å². The fourth-order valence-corrected chi connectivity index (χ4v) is 6.18. The Labute approximate surface area is 200 Å². The molecule has 186 valence electrons. The number of rotatable bonds is 4. The van der Waals surface area contributed by atoms with E-state index in [1.807, 2.05) is 26.8 Å². The number of hydrogen-bond donors (Lipinski definition) is 0. The lowest BCUT2D eigenvalue weighted by molar-refractivity contribution is -0.180. The van der Waals surface area contributed by atoms with E-state index >= 15 is 0 Å². The first-order chi connectivity index (χ1) is 15.9. The minimum absolute atomic E-state index is 0.123. The third-order valence-corrected chi connectivity index (χ3v) is 8.14. The largest absolute Gasteiger partial charge is 0.461 e. The zero-order valence-electron chi connectivity index (χ0n) is 20.7. The van der Waals surface area contributed by atoms with Gasteiger partial charge >= 0.3 is 17.9 Å². The first-order valence-electron chi connectivity index (χ1n) is 12.1. The molecular weight excluding hydrogens is 440 g/mol. The van der Waals surface area contributed by atoms with Gasteiger partial charge in [0.25, 0.3) is 0 Å². The molecule has 0 radical (unpaired) electrons. The van der Waals surface area contributed by atoms with Gasteiger partial charge in [0, 0.05) is 30.6 Å². The smallest absolute Gasteiger partial charge is 0.342 e. The van der Waals surface area contributed by atoms with Crippen LogP contribution in [0.5, 0.6) is 0 Å². The van der Waals surface area contributed by atoms with E-state index in [-0.39, 0.29) is 18.2 Å².